The van der Waals surface area contributed by atoms with Crippen molar-refractivity contribution in [3.8, 4) is 0 Å². The van der Waals surface area contributed by atoms with E-state index in [1.165, 1.54) is 38.0 Å². The van der Waals surface area contributed by atoms with Gasteiger partial charge in [0.05, 0.1) is 0 Å². The molecule has 2 atom stereocenters. The van der Waals surface area contributed by atoms with Gasteiger partial charge in [-0.15, -0.1) is 0 Å². The van der Waals surface area contributed by atoms with Gasteiger partial charge in [-0.3, -0.25) is 0 Å². The molecule has 2 heteroatoms. The van der Waals surface area contributed by atoms with Gasteiger partial charge in [0.25, 0.3) is 0 Å². The first kappa shape index (κ1) is 13.4. The fraction of sp³-hybridized carbons (Fsp3) is 0.625. The van der Waals surface area contributed by atoms with Crippen LogP contribution < -0.4 is 5.73 Å². The number of likely N-dealkylation sites (tertiary alicyclic amines) is 1. The molecule has 2 N–H and O–H groups in total. The lowest BCUT2D eigenvalue weighted by Crippen LogP contribution is -2.38. The largest absolute Gasteiger partial charge is 0.399 e. The van der Waals surface area contributed by atoms with Crippen molar-refractivity contribution in [2.45, 2.75) is 33.1 Å². The summed E-state index contributed by atoms with van der Waals surface area (Å²) in [6, 6.07) is 8.24. The monoisotopic (exact) mass is 246 g/mol. The Bertz CT molecular complexity index is 375. The van der Waals surface area contributed by atoms with Crippen molar-refractivity contribution >= 4 is 5.69 Å². The molecule has 0 amide bonds. The number of nitrogens with two attached hydrogens (primary N) is 1. The number of piperidine rings is 1. The molecule has 1 aromatic rings. The van der Waals surface area contributed by atoms with Crippen LogP contribution in [-0.4, -0.2) is 24.5 Å². The lowest BCUT2D eigenvalue weighted by atomic mass is 9.88. The quantitative estimate of drug-likeness (QED) is 0.827. The maximum atomic E-state index is 5.97. The second-order valence-corrected chi connectivity index (χ2v) is 5.85. The van der Waals surface area contributed by atoms with E-state index in [0.29, 0.717) is 0 Å². The molecule has 1 saturated heterocycles. The van der Waals surface area contributed by atoms with E-state index < -0.39 is 0 Å². The van der Waals surface area contributed by atoms with E-state index in [2.05, 4.69) is 30.9 Å². The summed E-state index contributed by atoms with van der Waals surface area (Å²) in [6.45, 7) is 8.52. The maximum absolute atomic E-state index is 5.97. The number of aryl methyl sites for hydroxylation is 1. The van der Waals surface area contributed by atoms with E-state index in [0.717, 1.165) is 23.9 Å². The Morgan fingerprint density at radius 3 is 2.72 bits per heavy atom. The highest BCUT2D eigenvalue weighted by Gasteiger charge is 2.21. The third kappa shape index (κ3) is 3.49. The lowest BCUT2D eigenvalue weighted by Gasteiger charge is -2.35. The zero-order valence-electron chi connectivity index (χ0n) is 11.7. The smallest absolute Gasteiger partial charge is 0.0346 e. The molecule has 1 heterocycles. The van der Waals surface area contributed by atoms with Crippen LogP contribution >= 0.6 is 0 Å². The summed E-state index contributed by atoms with van der Waals surface area (Å²) in [6.07, 6.45) is 3.68. The third-order valence-corrected chi connectivity index (χ3v) is 4.39. The van der Waals surface area contributed by atoms with Gasteiger partial charge in [0.1, 0.15) is 0 Å². The Balaban J connectivity index is 1.74. The highest BCUT2D eigenvalue weighted by Crippen LogP contribution is 2.22. The molecule has 2 rings (SSSR count). The van der Waals surface area contributed by atoms with Gasteiger partial charge in [0.15, 0.2) is 0 Å². The van der Waals surface area contributed by atoms with Gasteiger partial charge in [0, 0.05) is 12.2 Å². The van der Waals surface area contributed by atoms with Gasteiger partial charge in [-0.2, -0.15) is 0 Å². The number of benzene rings is 1. The van der Waals surface area contributed by atoms with Gasteiger partial charge in [0.2, 0.25) is 0 Å². The van der Waals surface area contributed by atoms with Crippen molar-refractivity contribution in [3.05, 3.63) is 29.8 Å². The minimum absolute atomic E-state index is 0.848. The van der Waals surface area contributed by atoms with E-state index >= 15 is 0 Å². The molecule has 1 fully saturated rings. The number of para-hydroxylation sites is 1. The first-order valence-electron chi connectivity index (χ1n) is 7.22. The number of hydrogen-bond donors (Lipinski definition) is 1. The maximum Gasteiger partial charge on any atom is 0.0346 e. The Kier molecular flexibility index (Phi) is 4.65. The highest BCUT2D eigenvalue weighted by molar-refractivity contribution is 5.46. The lowest BCUT2D eigenvalue weighted by molar-refractivity contribution is 0.137. The fourth-order valence-corrected chi connectivity index (χ4v) is 2.81. The molecule has 0 radical (unpaired) electrons. The number of hydrogen-bond acceptors (Lipinski definition) is 2. The first-order chi connectivity index (χ1) is 8.66. The molecule has 0 aliphatic carbocycles. The van der Waals surface area contributed by atoms with Crippen LogP contribution in [0.4, 0.5) is 5.69 Å². The molecule has 1 aliphatic rings. The topological polar surface area (TPSA) is 29.3 Å². The fourth-order valence-electron chi connectivity index (χ4n) is 2.81. The van der Waals surface area contributed by atoms with Crippen LogP contribution in [0.1, 0.15) is 32.3 Å². The van der Waals surface area contributed by atoms with Crippen LogP contribution in [0.15, 0.2) is 24.3 Å². The van der Waals surface area contributed by atoms with E-state index in [4.69, 9.17) is 5.73 Å². The molecular weight excluding hydrogens is 220 g/mol. The summed E-state index contributed by atoms with van der Waals surface area (Å²) in [4.78, 5) is 2.61. The van der Waals surface area contributed by atoms with Gasteiger partial charge in [-0.05, 0) is 55.8 Å². The average molecular weight is 246 g/mol. The Labute approximate surface area is 111 Å². The van der Waals surface area contributed by atoms with E-state index in [9.17, 15) is 0 Å². The molecule has 18 heavy (non-hydrogen) atoms. The highest BCUT2D eigenvalue weighted by atomic mass is 15.1. The molecule has 2 nitrogen and oxygen atoms in total. The number of rotatable bonds is 4. The zero-order valence-corrected chi connectivity index (χ0v) is 11.7. The molecule has 2 unspecified atom stereocenters. The van der Waals surface area contributed by atoms with Crippen molar-refractivity contribution in [1.29, 1.82) is 0 Å². The van der Waals surface area contributed by atoms with Gasteiger partial charge in [-0.1, -0.05) is 32.0 Å². The number of nitrogen functional groups attached to an aromatic ring is 1. The third-order valence-electron chi connectivity index (χ3n) is 4.39. The molecule has 0 spiro atoms. The van der Waals surface area contributed by atoms with Crippen LogP contribution in [-0.2, 0) is 6.42 Å². The SMILES string of the molecule is CC1CCN(CCCc2ccccc2N)CC1C. The molecule has 1 aliphatic heterocycles. The number of nitrogens with zero attached hydrogens (tertiary/aromatic N) is 1. The molecule has 0 bridgehead atoms. The molecule has 100 valence electrons. The molecular formula is C16H26N2. The minimum atomic E-state index is 0.848. The zero-order chi connectivity index (χ0) is 13.0. The van der Waals surface area contributed by atoms with Crippen molar-refractivity contribution in [2.75, 3.05) is 25.4 Å². The van der Waals surface area contributed by atoms with Crippen LogP contribution in [0.2, 0.25) is 0 Å². The standard InChI is InChI=1S/C16H26N2/c1-13-9-11-18(12-14(13)2)10-5-7-15-6-3-4-8-16(15)17/h3-4,6,8,13-14H,5,7,9-12,17H2,1-2H3. The normalized spacial score (nSPS) is 25.2. The Morgan fingerprint density at radius 2 is 2.00 bits per heavy atom. The summed E-state index contributed by atoms with van der Waals surface area (Å²) in [5.41, 5.74) is 8.21. The summed E-state index contributed by atoms with van der Waals surface area (Å²) >= 11 is 0. The van der Waals surface area contributed by atoms with E-state index in [-0.39, 0.29) is 0 Å². The summed E-state index contributed by atoms with van der Waals surface area (Å²) in [5.74, 6) is 1.74. The summed E-state index contributed by atoms with van der Waals surface area (Å²) in [5, 5.41) is 0. The Hall–Kier alpha value is -1.02. The minimum Gasteiger partial charge on any atom is -0.399 e. The number of anilines is 1. The van der Waals surface area contributed by atoms with Crippen molar-refractivity contribution in [1.82, 2.24) is 4.90 Å². The summed E-state index contributed by atoms with van der Waals surface area (Å²) < 4.78 is 0. The average Bonchev–Trinajstić information content (AvgIpc) is 2.36. The molecule has 0 saturated carbocycles. The van der Waals surface area contributed by atoms with Crippen LogP contribution in [0, 0.1) is 11.8 Å². The van der Waals surface area contributed by atoms with E-state index in [1.54, 1.807) is 0 Å². The molecule has 1 aromatic carbocycles. The van der Waals surface area contributed by atoms with Crippen molar-refractivity contribution in [3.63, 3.8) is 0 Å². The van der Waals surface area contributed by atoms with E-state index in [1.807, 2.05) is 12.1 Å². The van der Waals surface area contributed by atoms with Gasteiger partial charge >= 0.3 is 0 Å². The first-order valence-corrected chi connectivity index (χ1v) is 7.22. The second kappa shape index (κ2) is 6.24. The Morgan fingerprint density at radius 1 is 1.22 bits per heavy atom. The van der Waals surface area contributed by atoms with Crippen LogP contribution in [0.3, 0.4) is 0 Å². The van der Waals surface area contributed by atoms with Crippen molar-refractivity contribution in [2.24, 2.45) is 11.8 Å². The second-order valence-electron chi connectivity index (χ2n) is 5.85. The van der Waals surface area contributed by atoms with Gasteiger partial charge in [-0.25, -0.2) is 0 Å². The predicted molar refractivity (Wildman–Crippen MR) is 78.6 cm³/mol. The van der Waals surface area contributed by atoms with Crippen molar-refractivity contribution < 1.29 is 0 Å². The van der Waals surface area contributed by atoms with Crippen LogP contribution in [0.25, 0.3) is 0 Å². The molecule has 0 aromatic heterocycles. The summed E-state index contributed by atoms with van der Waals surface area (Å²) in [7, 11) is 0. The van der Waals surface area contributed by atoms with Gasteiger partial charge < -0.3 is 10.6 Å². The van der Waals surface area contributed by atoms with Crippen LogP contribution in [0.5, 0.6) is 0 Å². The predicted octanol–water partition coefficient (Wildman–Crippen LogP) is 3.18.